The molecule has 7 heteroatoms. The summed E-state index contributed by atoms with van der Waals surface area (Å²) in [4.78, 5) is 28.7. The number of hydrogen-bond acceptors (Lipinski definition) is 5. The lowest BCUT2D eigenvalue weighted by atomic mass is 9.84. The van der Waals surface area contributed by atoms with Crippen LogP contribution in [0.4, 0.5) is 11.4 Å². The first-order valence-corrected chi connectivity index (χ1v) is 9.07. The first-order chi connectivity index (χ1) is 14.0. The molecule has 3 N–H and O–H groups in total. The standard InChI is InChI=1S/C22H19N3O4/c1-29-20-7-5-15(26)10-18(20)17-11-21(27)25-19-9-14(4-6-16(17)19)24-22(28)13-3-2-8-23-12-13/h2-10,12,17,26H,11H2,1H3,(H,24,28)(H,25,27). The van der Waals surface area contributed by atoms with E-state index in [1.807, 2.05) is 6.07 Å². The zero-order valence-electron chi connectivity index (χ0n) is 15.7. The van der Waals surface area contributed by atoms with Gasteiger partial charge in [-0.1, -0.05) is 6.07 Å². The van der Waals surface area contributed by atoms with Gasteiger partial charge in [0.05, 0.1) is 12.7 Å². The summed E-state index contributed by atoms with van der Waals surface area (Å²) in [6.45, 7) is 0. The summed E-state index contributed by atoms with van der Waals surface area (Å²) < 4.78 is 5.42. The number of benzene rings is 2. The number of ether oxygens (including phenoxy) is 1. The summed E-state index contributed by atoms with van der Waals surface area (Å²) in [5.41, 5.74) is 3.22. The molecular formula is C22H19N3O4. The highest BCUT2D eigenvalue weighted by Gasteiger charge is 2.29. The van der Waals surface area contributed by atoms with Crippen molar-refractivity contribution in [3.05, 3.63) is 77.6 Å². The number of hydrogen-bond donors (Lipinski definition) is 3. The third-order valence-corrected chi connectivity index (χ3v) is 4.86. The summed E-state index contributed by atoms with van der Waals surface area (Å²) in [7, 11) is 1.55. The van der Waals surface area contributed by atoms with Crippen molar-refractivity contribution in [2.75, 3.05) is 17.7 Å². The Morgan fingerprint density at radius 1 is 1.21 bits per heavy atom. The highest BCUT2D eigenvalue weighted by molar-refractivity contribution is 6.05. The van der Waals surface area contributed by atoms with Crippen molar-refractivity contribution in [1.29, 1.82) is 0 Å². The van der Waals surface area contributed by atoms with Crippen LogP contribution in [-0.4, -0.2) is 29.0 Å². The Bertz CT molecular complexity index is 1080. The molecule has 2 amide bonds. The van der Waals surface area contributed by atoms with Gasteiger partial charge in [0.2, 0.25) is 5.91 Å². The number of nitrogens with zero attached hydrogens (tertiary/aromatic N) is 1. The molecule has 0 spiro atoms. The smallest absolute Gasteiger partial charge is 0.257 e. The van der Waals surface area contributed by atoms with Crippen molar-refractivity contribution in [2.45, 2.75) is 12.3 Å². The van der Waals surface area contributed by atoms with E-state index in [0.717, 1.165) is 11.1 Å². The second-order valence-corrected chi connectivity index (χ2v) is 6.73. The SMILES string of the molecule is COc1ccc(O)cc1C1CC(=O)Nc2cc(NC(=O)c3cccnc3)ccc21. The molecule has 1 aliphatic heterocycles. The van der Waals surface area contributed by atoms with Crippen molar-refractivity contribution in [1.82, 2.24) is 4.98 Å². The predicted octanol–water partition coefficient (Wildman–Crippen LogP) is 3.52. The molecule has 4 rings (SSSR count). The summed E-state index contributed by atoms with van der Waals surface area (Å²) in [6, 6.07) is 13.6. The van der Waals surface area contributed by atoms with Crippen LogP contribution in [0.1, 0.15) is 33.8 Å². The van der Waals surface area contributed by atoms with Crippen LogP contribution in [0.5, 0.6) is 11.5 Å². The number of fused-ring (bicyclic) bond motifs is 1. The number of anilines is 2. The summed E-state index contributed by atoms with van der Waals surface area (Å²) in [6.07, 6.45) is 3.31. The zero-order chi connectivity index (χ0) is 20.4. The largest absolute Gasteiger partial charge is 0.508 e. The topological polar surface area (TPSA) is 101 Å². The molecule has 0 fully saturated rings. The van der Waals surface area contributed by atoms with Crippen molar-refractivity contribution < 1.29 is 19.4 Å². The van der Waals surface area contributed by atoms with Gasteiger partial charge in [-0.25, -0.2) is 0 Å². The fraction of sp³-hybridized carbons (Fsp3) is 0.136. The number of carbonyl (C=O) groups is 2. The Hall–Kier alpha value is -3.87. The van der Waals surface area contributed by atoms with Crippen LogP contribution in [0.2, 0.25) is 0 Å². The van der Waals surface area contributed by atoms with Crippen molar-refractivity contribution in [2.24, 2.45) is 0 Å². The summed E-state index contributed by atoms with van der Waals surface area (Å²) in [5.74, 6) is -0.00464. The lowest BCUT2D eigenvalue weighted by Gasteiger charge is -2.27. The van der Waals surface area contributed by atoms with Gasteiger partial charge in [0.25, 0.3) is 5.91 Å². The highest BCUT2D eigenvalue weighted by Crippen LogP contribution is 2.42. The maximum atomic E-state index is 12.4. The number of aromatic nitrogens is 1. The van der Waals surface area contributed by atoms with E-state index in [2.05, 4.69) is 15.6 Å². The Balaban J connectivity index is 1.67. The van der Waals surface area contributed by atoms with E-state index in [-0.39, 0.29) is 29.9 Å². The van der Waals surface area contributed by atoms with E-state index in [4.69, 9.17) is 4.74 Å². The minimum Gasteiger partial charge on any atom is -0.508 e. The highest BCUT2D eigenvalue weighted by atomic mass is 16.5. The van der Waals surface area contributed by atoms with Gasteiger partial charge in [-0.3, -0.25) is 14.6 Å². The molecule has 146 valence electrons. The van der Waals surface area contributed by atoms with Crippen molar-refractivity contribution >= 4 is 23.2 Å². The average Bonchev–Trinajstić information content (AvgIpc) is 2.73. The third kappa shape index (κ3) is 3.75. The van der Waals surface area contributed by atoms with Gasteiger partial charge in [0.15, 0.2) is 0 Å². The minimum atomic E-state index is -0.286. The molecular weight excluding hydrogens is 370 g/mol. The van der Waals surface area contributed by atoms with E-state index in [1.54, 1.807) is 55.8 Å². The minimum absolute atomic E-state index is 0.105. The number of aromatic hydroxyl groups is 1. The first kappa shape index (κ1) is 18.5. The van der Waals surface area contributed by atoms with Gasteiger partial charge in [0, 0.05) is 41.7 Å². The summed E-state index contributed by atoms with van der Waals surface area (Å²) >= 11 is 0. The number of phenolic OH excluding ortho intramolecular Hbond substituents is 1. The number of pyridine rings is 1. The van der Waals surface area contributed by atoms with Crippen LogP contribution in [0, 0.1) is 0 Å². The predicted molar refractivity (Wildman–Crippen MR) is 108 cm³/mol. The van der Waals surface area contributed by atoms with E-state index >= 15 is 0 Å². The molecule has 29 heavy (non-hydrogen) atoms. The lowest BCUT2D eigenvalue weighted by molar-refractivity contribution is -0.116. The van der Waals surface area contributed by atoms with E-state index in [1.165, 1.54) is 6.20 Å². The number of carbonyl (C=O) groups excluding carboxylic acids is 2. The molecule has 0 saturated heterocycles. The van der Waals surface area contributed by atoms with Gasteiger partial charge in [-0.15, -0.1) is 0 Å². The molecule has 0 saturated carbocycles. The van der Waals surface area contributed by atoms with Crippen LogP contribution < -0.4 is 15.4 Å². The molecule has 2 aromatic carbocycles. The molecule has 0 radical (unpaired) electrons. The first-order valence-electron chi connectivity index (χ1n) is 9.07. The molecule has 3 aromatic rings. The lowest BCUT2D eigenvalue weighted by Crippen LogP contribution is -2.24. The molecule has 1 aromatic heterocycles. The fourth-order valence-electron chi connectivity index (χ4n) is 3.51. The molecule has 1 atom stereocenters. The zero-order valence-corrected chi connectivity index (χ0v) is 15.7. The van der Waals surface area contributed by atoms with Gasteiger partial charge < -0.3 is 20.5 Å². The Morgan fingerprint density at radius 2 is 2.07 bits per heavy atom. The van der Waals surface area contributed by atoms with Gasteiger partial charge >= 0.3 is 0 Å². The van der Waals surface area contributed by atoms with Crippen molar-refractivity contribution in [3.63, 3.8) is 0 Å². The average molecular weight is 389 g/mol. The van der Waals surface area contributed by atoms with Crippen LogP contribution in [0.25, 0.3) is 0 Å². The molecule has 2 heterocycles. The second kappa shape index (κ2) is 7.63. The normalized spacial score (nSPS) is 15.2. The Morgan fingerprint density at radius 3 is 2.83 bits per heavy atom. The van der Waals surface area contributed by atoms with Crippen LogP contribution >= 0.6 is 0 Å². The number of nitrogens with one attached hydrogen (secondary N) is 2. The van der Waals surface area contributed by atoms with Crippen LogP contribution in [0.15, 0.2) is 60.9 Å². The maximum absolute atomic E-state index is 12.4. The molecule has 1 unspecified atom stereocenters. The van der Waals surface area contributed by atoms with E-state index < -0.39 is 0 Å². The molecule has 1 aliphatic rings. The molecule has 7 nitrogen and oxygen atoms in total. The monoisotopic (exact) mass is 389 g/mol. The van der Waals surface area contributed by atoms with Gasteiger partial charge in [-0.2, -0.15) is 0 Å². The Labute approximate surface area is 167 Å². The quantitative estimate of drug-likeness (QED) is 0.634. The number of methoxy groups -OCH3 is 1. The van der Waals surface area contributed by atoms with E-state index in [9.17, 15) is 14.7 Å². The number of amides is 2. The Kier molecular flexibility index (Phi) is 4.87. The van der Waals surface area contributed by atoms with Gasteiger partial charge in [0.1, 0.15) is 11.5 Å². The van der Waals surface area contributed by atoms with Crippen LogP contribution in [0.3, 0.4) is 0 Å². The number of rotatable bonds is 4. The fourth-order valence-corrected chi connectivity index (χ4v) is 3.51. The third-order valence-electron chi connectivity index (χ3n) is 4.86. The van der Waals surface area contributed by atoms with Crippen LogP contribution in [-0.2, 0) is 4.79 Å². The van der Waals surface area contributed by atoms with E-state index in [0.29, 0.717) is 22.7 Å². The number of phenols is 1. The molecule has 0 aliphatic carbocycles. The molecule has 0 bridgehead atoms. The second-order valence-electron chi connectivity index (χ2n) is 6.73. The maximum Gasteiger partial charge on any atom is 0.257 e. The summed E-state index contributed by atoms with van der Waals surface area (Å²) in [5, 5.41) is 15.6. The van der Waals surface area contributed by atoms with Gasteiger partial charge in [-0.05, 0) is 48.0 Å². The van der Waals surface area contributed by atoms with Crippen molar-refractivity contribution in [3.8, 4) is 11.5 Å².